The van der Waals surface area contributed by atoms with Crippen LogP contribution in [0.3, 0.4) is 0 Å². The largest absolute Gasteiger partial charge is 0.452 e. The van der Waals surface area contributed by atoms with E-state index in [4.69, 9.17) is 4.74 Å². The molecule has 1 aliphatic rings. The molecule has 0 N–H and O–H groups in total. The number of rotatable bonds is 3. The van der Waals surface area contributed by atoms with E-state index in [1.165, 1.54) is 0 Å². The number of amides is 1. The Bertz CT molecular complexity index is 696. The third kappa shape index (κ3) is 2.72. The highest BCUT2D eigenvalue weighted by atomic mass is 16.5. The highest BCUT2D eigenvalue weighted by Gasteiger charge is 2.30. The Morgan fingerprint density at radius 2 is 1.77 bits per heavy atom. The van der Waals surface area contributed by atoms with Crippen LogP contribution in [-0.4, -0.2) is 24.5 Å². The Morgan fingerprint density at radius 3 is 2.55 bits per heavy atom. The van der Waals surface area contributed by atoms with Crippen LogP contribution < -0.4 is 4.90 Å². The molecule has 4 nitrogen and oxygen atoms in total. The average Bonchev–Trinajstić information content (AvgIpc) is 2.89. The number of anilines is 1. The first kappa shape index (κ1) is 14.3. The normalized spacial score (nSPS) is 16.2. The predicted octanol–water partition coefficient (Wildman–Crippen LogP) is 2.82. The van der Waals surface area contributed by atoms with E-state index in [2.05, 4.69) is 0 Å². The summed E-state index contributed by atoms with van der Waals surface area (Å²) in [6.07, 6.45) is 0.828. The molecular weight excluding hydrogens is 278 g/mol. The van der Waals surface area contributed by atoms with Gasteiger partial charge in [0.15, 0.2) is 6.61 Å². The Labute approximate surface area is 129 Å². The lowest BCUT2D eigenvalue weighted by molar-refractivity contribution is -0.122. The van der Waals surface area contributed by atoms with E-state index >= 15 is 0 Å². The Hall–Kier alpha value is -2.62. The number of nitrogens with zero attached hydrogens (tertiary/aromatic N) is 1. The van der Waals surface area contributed by atoms with Gasteiger partial charge in [0, 0.05) is 11.7 Å². The molecule has 1 aliphatic heterocycles. The molecule has 0 saturated heterocycles. The predicted molar refractivity (Wildman–Crippen MR) is 83.8 cm³/mol. The van der Waals surface area contributed by atoms with Crippen LogP contribution in [-0.2, 0) is 16.0 Å². The zero-order valence-corrected chi connectivity index (χ0v) is 12.4. The molecule has 2 aromatic carbocycles. The van der Waals surface area contributed by atoms with Crippen LogP contribution in [0.25, 0.3) is 0 Å². The van der Waals surface area contributed by atoms with Crippen molar-refractivity contribution in [2.75, 3.05) is 11.5 Å². The molecule has 1 heterocycles. The number of esters is 1. The molecule has 1 atom stereocenters. The summed E-state index contributed by atoms with van der Waals surface area (Å²) >= 11 is 0. The molecule has 0 spiro atoms. The van der Waals surface area contributed by atoms with Gasteiger partial charge in [0.2, 0.25) is 0 Å². The van der Waals surface area contributed by atoms with E-state index in [9.17, 15) is 9.59 Å². The smallest absolute Gasteiger partial charge is 0.338 e. The van der Waals surface area contributed by atoms with Crippen LogP contribution in [0.15, 0.2) is 54.6 Å². The molecule has 0 fully saturated rings. The van der Waals surface area contributed by atoms with Gasteiger partial charge in [0.1, 0.15) is 0 Å². The number of carbonyl (C=O) groups is 2. The summed E-state index contributed by atoms with van der Waals surface area (Å²) in [6, 6.07) is 16.6. The van der Waals surface area contributed by atoms with Crippen molar-refractivity contribution in [3.05, 3.63) is 65.7 Å². The van der Waals surface area contributed by atoms with E-state index in [-0.39, 0.29) is 18.6 Å². The van der Waals surface area contributed by atoms with Crippen molar-refractivity contribution in [2.24, 2.45) is 0 Å². The van der Waals surface area contributed by atoms with Gasteiger partial charge in [0.25, 0.3) is 5.91 Å². The van der Waals surface area contributed by atoms with Crippen LogP contribution in [0.2, 0.25) is 0 Å². The lowest BCUT2D eigenvalue weighted by Crippen LogP contribution is -2.38. The monoisotopic (exact) mass is 295 g/mol. The highest BCUT2D eigenvalue weighted by Crippen LogP contribution is 2.31. The minimum Gasteiger partial charge on any atom is -0.452 e. The molecule has 0 saturated carbocycles. The molecule has 0 bridgehead atoms. The third-order valence-electron chi connectivity index (χ3n) is 3.81. The Balaban J connectivity index is 1.67. The van der Waals surface area contributed by atoms with E-state index in [0.717, 1.165) is 17.7 Å². The summed E-state index contributed by atoms with van der Waals surface area (Å²) in [7, 11) is 0. The number of para-hydroxylation sites is 1. The van der Waals surface area contributed by atoms with E-state index < -0.39 is 5.97 Å². The fraction of sp³-hybridized carbons (Fsp3) is 0.222. The molecule has 0 aromatic heterocycles. The molecule has 22 heavy (non-hydrogen) atoms. The number of carbonyl (C=O) groups excluding carboxylic acids is 2. The zero-order valence-electron chi connectivity index (χ0n) is 12.4. The Kier molecular flexibility index (Phi) is 3.92. The van der Waals surface area contributed by atoms with Crippen molar-refractivity contribution < 1.29 is 14.3 Å². The number of hydrogen-bond donors (Lipinski definition) is 0. The number of fused-ring (bicyclic) bond motifs is 1. The summed E-state index contributed by atoms with van der Waals surface area (Å²) < 4.78 is 5.14. The van der Waals surface area contributed by atoms with Crippen molar-refractivity contribution in [1.82, 2.24) is 0 Å². The molecule has 0 radical (unpaired) electrons. The molecule has 1 unspecified atom stereocenters. The summed E-state index contributed by atoms with van der Waals surface area (Å²) in [5, 5.41) is 0. The second-order valence-electron chi connectivity index (χ2n) is 5.39. The summed E-state index contributed by atoms with van der Waals surface area (Å²) in [6.45, 7) is 1.75. The number of ether oxygens (including phenoxy) is 1. The van der Waals surface area contributed by atoms with Crippen molar-refractivity contribution >= 4 is 17.6 Å². The fourth-order valence-electron chi connectivity index (χ4n) is 2.80. The molecule has 4 heteroatoms. The van der Waals surface area contributed by atoms with Crippen LogP contribution in [0.1, 0.15) is 22.8 Å². The van der Waals surface area contributed by atoms with Crippen LogP contribution in [0, 0.1) is 0 Å². The molecule has 3 rings (SSSR count). The fourth-order valence-corrected chi connectivity index (χ4v) is 2.80. The SMILES string of the molecule is CC1Cc2ccccc2N1C(=O)COC(=O)c1ccccc1. The topological polar surface area (TPSA) is 46.6 Å². The van der Waals surface area contributed by atoms with Gasteiger partial charge in [-0.25, -0.2) is 4.79 Å². The van der Waals surface area contributed by atoms with Gasteiger partial charge < -0.3 is 9.64 Å². The molecule has 0 aliphatic carbocycles. The molecule has 1 amide bonds. The first-order chi connectivity index (χ1) is 10.7. The summed E-state index contributed by atoms with van der Waals surface area (Å²) in [4.78, 5) is 26.0. The van der Waals surface area contributed by atoms with Gasteiger partial charge in [-0.2, -0.15) is 0 Å². The quantitative estimate of drug-likeness (QED) is 0.818. The standard InChI is InChI=1S/C18H17NO3/c1-13-11-15-9-5-6-10-16(15)19(13)17(20)12-22-18(21)14-7-3-2-4-8-14/h2-10,13H,11-12H2,1H3. The van der Waals surface area contributed by atoms with Crippen molar-refractivity contribution in [3.63, 3.8) is 0 Å². The van der Waals surface area contributed by atoms with Gasteiger partial charge in [-0.3, -0.25) is 4.79 Å². The first-order valence-electron chi connectivity index (χ1n) is 7.29. The van der Waals surface area contributed by atoms with Gasteiger partial charge in [0.05, 0.1) is 5.56 Å². The Morgan fingerprint density at radius 1 is 1.09 bits per heavy atom. The van der Waals surface area contributed by atoms with Crippen LogP contribution in [0.5, 0.6) is 0 Å². The van der Waals surface area contributed by atoms with E-state index in [0.29, 0.717) is 5.56 Å². The molecule has 2 aromatic rings. The third-order valence-corrected chi connectivity index (χ3v) is 3.81. The van der Waals surface area contributed by atoms with Gasteiger partial charge in [-0.15, -0.1) is 0 Å². The van der Waals surface area contributed by atoms with Crippen molar-refractivity contribution in [1.29, 1.82) is 0 Å². The van der Waals surface area contributed by atoms with E-state index in [1.54, 1.807) is 29.2 Å². The minimum absolute atomic E-state index is 0.0836. The lowest BCUT2D eigenvalue weighted by Gasteiger charge is -2.22. The van der Waals surface area contributed by atoms with E-state index in [1.807, 2.05) is 37.3 Å². The van der Waals surface area contributed by atoms with Gasteiger partial charge in [-0.1, -0.05) is 36.4 Å². The number of benzene rings is 2. The molecule has 112 valence electrons. The lowest BCUT2D eigenvalue weighted by atomic mass is 10.1. The average molecular weight is 295 g/mol. The summed E-state index contributed by atoms with van der Waals surface area (Å²) in [5.41, 5.74) is 2.51. The maximum Gasteiger partial charge on any atom is 0.338 e. The zero-order chi connectivity index (χ0) is 15.5. The minimum atomic E-state index is -0.478. The van der Waals surface area contributed by atoms with Crippen LogP contribution >= 0.6 is 0 Å². The van der Waals surface area contributed by atoms with Gasteiger partial charge >= 0.3 is 5.97 Å². The second kappa shape index (κ2) is 6.02. The second-order valence-corrected chi connectivity index (χ2v) is 5.39. The first-order valence-corrected chi connectivity index (χ1v) is 7.29. The maximum atomic E-state index is 12.4. The highest BCUT2D eigenvalue weighted by molar-refractivity contribution is 5.99. The van der Waals surface area contributed by atoms with Gasteiger partial charge in [-0.05, 0) is 37.1 Å². The van der Waals surface area contributed by atoms with Crippen molar-refractivity contribution in [2.45, 2.75) is 19.4 Å². The van der Waals surface area contributed by atoms with Crippen LogP contribution in [0.4, 0.5) is 5.69 Å². The summed E-state index contributed by atoms with van der Waals surface area (Å²) in [5.74, 6) is -0.671. The number of hydrogen-bond acceptors (Lipinski definition) is 3. The molecular formula is C18H17NO3. The van der Waals surface area contributed by atoms with Crippen molar-refractivity contribution in [3.8, 4) is 0 Å². The maximum absolute atomic E-state index is 12.4.